The molecular weight excluding hydrogens is 254 g/mol. The molecule has 3 rings (SSSR count). The van der Waals surface area contributed by atoms with Gasteiger partial charge in [-0.25, -0.2) is 9.78 Å². The minimum atomic E-state index is -1.07. The predicted molar refractivity (Wildman–Crippen MR) is 65.1 cm³/mol. The van der Waals surface area contributed by atoms with E-state index in [1.165, 1.54) is 22.1 Å². The summed E-state index contributed by atoms with van der Waals surface area (Å²) in [5.74, 6) is -1.33. The molecular formula is C11H9N3O3S. The van der Waals surface area contributed by atoms with E-state index in [0.29, 0.717) is 11.3 Å². The van der Waals surface area contributed by atoms with E-state index in [1.807, 2.05) is 7.05 Å². The third-order valence-corrected chi connectivity index (χ3v) is 3.86. The number of β-lactam (4-membered cyclic amide) rings is 1. The number of aromatic nitrogens is 2. The van der Waals surface area contributed by atoms with Crippen LogP contribution in [0, 0.1) is 0 Å². The molecule has 2 aliphatic heterocycles. The average molecular weight is 263 g/mol. The number of rotatable bonds is 2. The van der Waals surface area contributed by atoms with Crippen molar-refractivity contribution in [3.8, 4) is 0 Å². The zero-order chi connectivity index (χ0) is 12.9. The molecule has 3 heterocycles. The molecule has 0 aromatic carbocycles. The summed E-state index contributed by atoms with van der Waals surface area (Å²) < 4.78 is 1.79. The zero-order valence-corrected chi connectivity index (χ0v) is 10.2. The van der Waals surface area contributed by atoms with Gasteiger partial charge in [0.05, 0.1) is 17.6 Å². The zero-order valence-electron chi connectivity index (χ0n) is 9.40. The van der Waals surface area contributed by atoms with Crippen LogP contribution in [0.3, 0.4) is 0 Å². The smallest absolute Gasteiger partial charge is 0.353 e. The number of carbonyl (C=O) groups is 2. The third kappa shape index (κ3) is 1.47. The van der Waals surface area contributed by atoms with E-state index in [0.717, 1.165) is 0 Å². The Labute approximate surface area is 107 Å². The van der Waals surface area contributed by atoms with E-state index >= 15 is 0 Å². The molecule has 6 nitrogen and oxygen atoms in total. The number of imidazole rings is 1. The monoisotopic (exact) mass is 263 g/mol. The Balaban J connectivity index is 1.86. The second-order valence-electron chi connectivity index (χ2n) is 4.04. The van der Waals surface area contributed by atoms with Gasteiger partial charge in [-0.15, -0.1) is 11.8 Å². The first-order valence-electron chi connectivity index (χ1n) is 5.20. The van der Waals surface area contributed by atoms with Crippen molar-refractivity contribution in [2.45, 2.75) is 5.37 Å². The predicted octanol–water partition coefficient (Wildman–Crippen LogP) is 0.645. The fourth-order valence-corrected chi connectivity index (χ4v) is 3.05. The Morgan fingerprint density at radius 2 is 2.39 bits per heavy atom. The summed E-state index contributed by atoms with van der Waals surface area (Å²) in [6.07, 6.45) is 5.15. The van der Waals surface area contributed by atoms with Crippen LogP contribution >= 0.6 is 11.8 Å². The lowest BCUT2D eigenvalue weighted by molar-refractivity contribution is -0.141. The number of fused-ring (bicyclic) bond motifs is 1. The second-order valence-corrected chi connectivity index (χ2v) is 4.99. The maximum atomic E-state index is 11.9. The summed E-state index contributed by atoms with van der Waals surface area (Å²) in [7, 11) is 1.85. The Kier molecular flexibility index (Phi) is 2.30. The molecule has 0 radical (unpaired) electrons. The number of aliphatic carboxylic acids is 1. The van der Waals surface area contributed by atoms with Gasteiger partial charge in [0.1, 0.15) is 11.1 Å². The van der Waals surface area contributed by atoms with Crippen LogP contribution in [0.2, 0.25) is 0 Å². The summed E-state index contributed by atoms with van der Waals surface area (Å²) >= 11 is 1.33. The average Bonchev–Trinajstić information content (AvgIpc) is 2.89. The van der Waals surface area contributed by atoms with Crippen molar-refractivity contribution in [3.63, 3.8) is 0 Å². The highest BCUT2D eigenvalue weighted by atomic mass is 32.2. The van der Waals surface area contributed by atoms with Crippen molar-refractivity contribution < 1.29 is 14.7 Å². The Morgan fingerprint density at radius 3 is 3.00 bits per heavy atom. The first-order chi connectivity index (χ1) is 8.58. The summed E-state index contributed by atoms with van der Waals surface area (Å²) in [5, 5.41) is 10.2. The number of carboxylic acid groups (broad SMARTS) is 1. The standard InChI is InChI=1S/C11H9N3O3S/c1-13-3-6(12-5-13)2-7-9(15)14-8(11(16)17)4-18-10(7)14/h2-5,10H,1H3,(H,16,17)/b7-2-. The van der Waals surface area contributed by atoms with Crippen LogP contribution in [0.1, 0.15) is 5.69 Å². The number of carboxylic acids is 1. The van der Waals surface area contributed by atoms with E-state index < -0.39 is 5.97 Å². The fraction of sp³-hybridized carbons (Fsp3) is 0.182. The molecule has 92 valence electrons. The molecule has 1 atom stereocenters. The first-order valence-corrected chi connectivity index (χ1v) is 6.14. The molecule has 0 saturated carbocycles. The van der Waals surface area contributed by atoms with Crippen LogP contribution in [-0.4, -0.2) is 36.8 Å². The van der Waals surface area contributed by atoms with Gasteiger partial charge in [-0.1, -0.05) is 0 Å². The third-order valence-electron chi connectivity index (χ3n) is 2.78. The largest absolute Gasteiger partial charge is 0.477 e. The molecule has 0 spiro atoms. The number of hydrogen-bond acceptors (Lipinski definition) is 4. The molecule has 1 aromatic rings. The normalized spacial score (nSPS) is 23.9. The molecule has 1 N–H and O–H groups in total. The van der Waals surface area contributed by atoms with Gasteiger partial charge in [0.15, 0.2) is 0 Å². The molecule has 1 fully saturated rings. The van der Waals surface area contributed by atoms with Crippen LogP contribution < -0.4 is 0 Å². The molecule has 18 heavy (non-hydrogen) atoms. The van der Waals surface area contributed by atoms with Gasteiger partial charge in [0, 0.05) is 18.7 Å². The van der Waals surface area contributed by atoms with E-state index in [4.69, 9.17) is 5.11 Å². The Bertz CT molecular complexity index is 617. The summed E-state index contributed by atoms with van der Waals surface area (Å²) in [4.78, 5) is 28.2. The number of aryl methyl sites for hydroxylation is 1. The van der Waals surface area contributed by atoms with Crippen molar-refractivity contribution in [3.05, 3.63) is 34.9 Å². The highest BCUT2D eigenvalue weighted by Crippen LogP contribution is 2.44. The number of nitrogens with zero attached hydrogens (tertiary/aromatic N) is 3. The van der Waals surface area contributed by atoms with Gasteiger partial charge in [-0.3, -0.25) is 9.69 Å². The van der Waals surface area contributed by atoms with Gasteiger partial charge in [0.2, 0.25) is 0 Å². The number of amides is 1. The topological polar surface area (TPSA) is 75.4 Å². The highest BCUT2D eigenvalue weighted by molar-refractivity contribution is 8.03. The van der Waals surface area contributed by atoms with Crippen LogP contribution in [-0.2, 0) is 16.6 Å². The van der Waals surface area contributed by atoms with Crippen molar-refractivity contribution in [1.29, 1.82) is 0 Å². The molecule has 1 aromatic heterocycles. The van der Waals surface area contributed by atoms with Crippen LogP contribution in [0.4, 0.5) is 0 Å². The van der Waals surface area contributed by atoms with Gasteiger partial charge >= 0.3 is 5.97 Å². The van der Waals surface area contributed by atoms with Crippen LogP contribution in [0.15, 0.2) is 29.2 Å². The van der Waals surface area contributed by atoms with E-state index in [2.05, 4.69) is 4.98 Å². The quantitative estimate of drug-likeness (QED) is 0.626. The molecule has 0 bridgehead atoms. The van der Waals surface area contributed by atoms with Gasteiger partial charge in [-0.2, -0.15) is 0 Å². The number of carbonyl (C=O) groups excluding carboxylic acids is 1. The molecule has 0 aliphatic carbocycles. The molecule has 1 amide bonds. The molecule has 2 aliphatic rings. The minimum Gasteiger partial charge on any atom is -0.477 e. The lowest BCUT2D eigenvalue weighted by Gasteiger charge is -2.36. The minimum absolute atomic E-state index is 0.0492. The van der Waals surface area contributed by atoms with Gasteiger partial charge in [0.25, 0.3) is 5.91 Å². The van der Waals surface area contributed by atoms with E-state index in [9.17, 15) is 9.59 Å². The van der Waals surface area contributed by atoms with Crippen LogP contribution in [0.5, 0.6) is 0 Å². The van der Waals surface area contributed by atoms with Gasteiger partial charge < -0.3 is 9.67 Å². The summed E-state index contributed by atoms with van der Waals surface area (Å²) in [6.45, 7) is 0. The number of hydrogen-bond donors (Lipinski definition) is 1. The summed E-state index contributed by atoms with van der Waals surface area (Å²) in [5.41, 5.74) is 1.34. The molecule has 1 saturated heterocycles. The maximum absolute atomic E-state index is 11.9. The summed E-state index contributed by atoms with van der Waals surface area (Å²) in [6, 6.07) is 0. The molecule has 1 unspecified atom stereocenters. The highest BCUT2D eigenvalue weighted by Gasteiger charge is 2.49. The van der Waals surface area contributed by atoms with Crippen molar-refractivity contribution >= 4 is 29.7 Å². The van der Waals surface area contributed by atoms with Crippen molar-refractivity contribution in [1.82, 2.24) is 14.5 Å². The Morgan fingerprint density at radius 1 is 1.61 bits per heavy atom. The maximum Gasteiger partial charge on any atom is 0.353 e. The lowest BCUT2D eigenvalue weighted by atomic mass is 10.0. The van der Waals surface area contributed by atoms with E-state index in [1.54, 1.807) is 23.2 Å². The SMILES string of the molecule is Cn1cnc(/C=C2/C(=O)N3C(C(=O)O)=CSC23)c1. The van der Waals surface area contributed by atoms with Crippen molar-refractivity contribution in [2.24, 2.45) is 7.05 Å². The first kappa shape index (κ1) is 11.1. The Hall–Kier alpha value is -2.02. The number of thioether (sulfide) groups is 1. The van der Waals surface area contributed by atoms with Crippen molar-refractivity contribution in [2.75, 3.05) is 0 Å². The lowest BCUT2D eigenvalue weighted by Crippen LogP contribution is -2.51. The van der Waals surface area contributed by atoms with Gasteiger partial charge in [-0.05, 0) is 6.08 Å². The van der Waals surface area contributed by atoms with Crippen LogP contribution in [0.25, 0.3) is 6.08 Å². The second kappa shape index (κ2) is 3.74. The fourth-order valence-electron chi connectivity index (χ4n) is 1.93. The molecule has 7 heteroatoms. The van der Waals surface area contributed by atoms with E-state index in [-0.39, 0.29) is 17.0 Å².